The van der Waals surface area contributed by atoms with E-state index in [0.717, 1.165) is 81.9 Å². The molecule has 21 nitrogen and oxygen atoms in total. The van der Waals surface area contributed by atoms with Crippen molar-refractivity contribution in [3.63, 3.8) is 0 Å². The molecule has 0 aliphatic carbocycles. The molecule has 0 fully saturated rings. The Morgan fingerprint density at radius 1 is 0.194 bits per heavy atom. The van der Waals surface area contributed by atoms with Gasteiger partial charge in [-0.1, -0.05) is 175 Å². The molecule has 9 aromatic heterocycles. The Hall–Kier alpha value is -18.1. The molecule has 0 aliphatic heterocycles. The minimum absolute atomic E-state index is 0.261. The van der Waals surface area contributed by atoms with Crippen molar-refractivity contribution in [3.05, 3.63) is 356 Å². The summed E-state index contributed by atoms with van der Waals surface area (Å²) < 4.78 is 30.2. The van der Waals surface area contributed by atoms with Gasteiger partial charge in [-0.3, -0.25) is 58.7 Å². The molecule has 9 heterocycles. The van der Waals surface area contributed by atoms with Gasteiger partial charge in [0, 0.05) is 125 Å². The summed E-state index contributed by atoms with van der Waals surface area (Å²) in [5.74, 6) is 21.6. The number of ether oxygens (including phenoxy) is 6. The first-order valence-corrected chi connectivity index (χ1v) is 38.3. The molecular weight excluding hydrogens is 1560 g/mol. The summed E-state index contributed by atoms with van der Waals surface area (Å²) >= 11 is 0. The van der Waals surface area contributed by atoms with Gasteiger partial charge in [-0.05, 0) is 166 Å². The lowest BCUT2D eigenvalue weighted by Crippen LogP contribution is -1.97. The van der Waals surface area contributed by atoms with Crippen LogP contribution in [0.4, 0.5) is 0 Å². The highest BCUT2D eigenvalue weighted by molar-refractivity contribution is 6.19. The quantitative estimate of drug-likeness (QED) is 0.0334. The molecule has 0 saturated heterocycles. The molecule has 0 saturated carbocycles. The summed E-state index contributed by atoms with van der Waals surface area (Å²) in [6.45, 7) is 2.02. The minimum atomic E-state index is 0.261. The van der Waals surface area contributed by atoms with Crippen LogP contribution in [0.2, 0.25) is 0 Å². The second kappa shape index (κ2) is 36.6. The lowest BCUT2D eigenvalue weighted by molar-refractivity contribution is -0.121. The third-order valence-electron chi connectivity index (χ3n) is 19.8. The predicted octanol–water partition coefficient (Wildman–Crippen LogP) is 19.1. The summed E-state index contributed by atoms with van der Waals surface area (Å²) in [4.78, 5) is 106. The molecule has 10 aromatic carbocycles. The topological polar surface area (TPSA) is 274 Å². The number of hydrogen-bond acceptors (Lipinski definition) is 21. The van der Waals surface area contributed by atoms with Gasteiger partial charge in [0.1, 0.15) is 34.5 Å². The van der Waals surface area contributed by atoms with Crippen molar-refractivity contribution in [2.24, 2.45) is 0 Å². The van der Waals surface area contributed by atoms with Gasteiger partial charge in [0.25, 0.3) is 38.8 Å². The number of carbonyl (C=O) groups excluding carboxylic acids is 6. The molecule has 0 bridgehead atoms. The van der Waals surface area contributed by atoms with Crippen LogP contribution in [-0.2, 0) is 28.8 Å². The van der Waals surface area contributed by atoms with E-state index < -0.39 is 0 Å². The number of rotatable bonds is 18. The zero-order chi connectivity index (χ0) is 84.5. The van der Waals surface area contributed by atoms with E-state index in [1.165, 1.54) is 45.5 Å². The SMILES string of the molecule is O=COc1ccnc(-c2cc(OC=O)cc(-c3cc(C#Cc4c5ccccc5cc5ccccc45)ccn3)n2)c1.O=COc1ccnc(-c2cc(OC=O)cc(-c3cc(C#Cc4cc5c6ccccc6ccc5c5ccccc45)ccn3)n2)c1.O=COc1ccnc(-c2cc(OC=O)cc(-c3cc(C#Cc4ccc5cc6ccccc6cc5c4)ccn3)n2)c1. The average Bonchev–Trinajstić information content (AvgIpc) is 0.747. The molecule has 588 valence electrons. The van der Waals surface area contributed by atoms with Crippen molar-refractivity contribution in [2.45, 2.75) is 0 Å². The first-order chi connectivity index (χ1) is 61.1. The maximum Gasteiger partial charge on any atom is 0.298 e. The largest absolute Gasteiger partial charge is 0.429 e. The van der Waals surface area contributed by atoms with E-state index in [1.54, 1.807) is 91.4 Å². The third-order valence-corrected chi connectivity index (χ3v) is 19.8. The van der Waals surface area contributed by atoms with Crippen molar-refractivity contribution in [3.8, 4) is 138 Å². The average molecular weight is 1610 g/mol. The van der Waals surface area contributed by atoms with Gasteiger partial charge in [0.2, 0.25) is 0 Å². The highest BCUT2D eigenvalue weighted by Gasteiger charge is 2.18. The number of hydrogen-bond donors (Lipinski definition) is 0. The zero-order valence-corrected chi connectivity index (χ0v) is 65.0. The summed E-state index contributed by atoms with van der Waals surface area (Å²) in [7, 11) is 0. The van der Waals surface area contributed by atoms with E-state index >= 15 is 0 Å². The van der Waals surface area contributed by atoms with Crippen LogP contribution in [0.15, 0.2) is 322 Å². The highest BCUT2D eigenvalue weighted by Crippen LogP contribution is 2.37. The molecule has 0 spiro atoms. The van der Waals surface area contributed by atoms with Crippen molar-refractivity contribution < 1.29 is 57.2 Å². The van der Waals surface area contributed by atoms with Gasteiger partial charge in [0.05, 0.1) is 68.3 Å². The zero-order valence-electron chi connectivity index (χ0n) is 65.0. The second-order valence-corrected chi connectivity index (χ2v) is 27.5. The first kappa shape index (κ1) is 78.4. The summed E-state index contributed by atoms with van der Waals surface area (Å²) in [6.07, 6.45) is 9.46. The van der Waals surface area contributed by atoms with E-state index in [1.807, 2.05) is 97.1 Å². The van der Waals surface area contributed by atoms with Crippen LogP contribution in [0.5, 0.6) is 34.5 Å². The van der Waals surface area contributed by atoms with Crippen LogP contribution in [-0.4, -0.2) is 83.7 Å². The van der Waals surface area contributed by atoms with Crippen molar-refractivity contribution in [2.75, 3.05) is 0 Å². The van der Waals surface area contributed by atoms with Crippen molar-refractivity contribution in [1.82, 2.24) is 44.9 Å². The fourth-order valence-electron chi connectivity index (χ4n) is 14.2. The molecule has 0 unspecified atom stereocenters. The van der Waals surface area contributed by atoms with Crippen molar-refractivity contribution in [1.29, 1.82) is 0 Å². The van der Waals surface area contributed by atoms with Gasteiger partial charge in [-0.2, -0.15) is 0 Å². The molecule has 19 aromatic rings. The van der Waals surface area contributed by atoms with Gasteiger partial charge in [0.15, 0.2) is 0 Å². The van der Waals surface area contributed by atoms with E-state index in [2.05, 4.69) is 191 Å². The van der Waals surface area contributed by atoms with Crippen LogP contribution >= 0.6 is 0 Å². The normalized spacial score (nSPS) is 10.6. The van der Waals surface area contributed by atoms with Crippen LogP contribution < -0.4 is 28.4 Å². The van der Waals surface area contributed by atoms with E-state index in [0.29, 0.717) is 124 Å². The number of carbonyl (C=O) groups is 6. The Morgan fingerprint density at radius 3 is 0.927 bits per heavy atom. The molecule has 0 aliphatic rings. The van der Waals surface area contributed by atoms with Gasteiger partial charge in [-0.15, -0.1) is 0 Å². The van der Waals surface area contributed by atoms with E-state index in [-0.39, 0.29) is 17.2 Å². The molecule has 0 radical (unpaired) electrons. The smallest absolute Gasteiger partial charge is 0.298 e. The molecule has 0 amide bonds. The number of nitrogens with zero attached hydrogens (tertiary/aromatic N) is 9. The Morgan fingerprint density at radius 2 is 0.492 bits per heavy atom. The van der Waals surface area contributed by atoms with Gasteiger partial charge >= 0.3 is 0 Å². The van der Waals surface area contributed by atoms with Gasteiger partial charge < -0.3 is 28.4 Å². The lowest BCUT2D eigenvalue weighted by atomic mass is 9.94. The fraction of sp³-hybridized carbons (Fsp3) is 0. The fourth-order valence-corrected chi connectivity index (χ4v) is 14.2. The Kier molecular flexibility index (Phi) is 23.1. The third kappa shape index (κ3) is 17.9. The lowest BCUT2D eigenvalue weighted by Gasteiger charge is -2.10. The Labute approximate surface area is 706 Å². The van der Waals surface area contributed by atoms with Crippen LogP contribution in [0.3, 0.4) is 0 Å². The molecule has 124 heavy (non-hydrogen) atoms. The van der Waals surface area contributed by atoms with Crippen LogP contribution in [0, 0.1) is 35.5 Å². The monoisotopic (exact) mass is 1610 g/mol. The maximum absolute atomic E-state index is 11.2. The van der Waals surface area contributed by atoms with Crippen LogP contribution in [0.1, 0.15) is 33.4 Å². The molecule has 0 atom stereocenters. The summed E-state index contributed by atoms with van der Waals surface area (Å²) in [5, 5.41) is 16.0. The molecule has 0 N–H and O–H groups in total. The molecule has 19 rings (SSSR count). The minimum Gasteiger partial charge on any atom is -0.429 e. The number of pyridine rings is 9. The number of benzene rings is 10. The summed E-state index contributed by atoms with van der Waals surface area (Å²) in [6, 6.07) is 90.4. The van der Waals surface area contributed by atoms with Crippen molar-refractivity contribution >= 4 is 114 Å². The van der Waals surface area contributed by atoms with Crippen LogP contribution in [0.25, 0.3) is 144 Å². The first-order valence-electron chi connectivity index (χ1n) is 38.3. The molecule has 21 heteroatoms. The maximum atomic E-state index is 11.2. The number of aromatic nitrogens is 9. The van der Waals surface area contributed by atoms with E-state index in [4.69, 9.17) is 33.4 Å². The summed E-state index contributed by atoms with van der Waals surface area (Å²) in [5.41, 5.74) is 10.5. The second-order valence-electron chi connectivity index (χ2n) is 27.5. The Bertz CT molecular complexity index is 7630. The van der Waals surface area contributed by atoms with E-state index in [9.17, 15) is 28.8 Å². The highest BCUT2D eigenvalue weighted by atomic mass is 16.5. The van der Waals surface area contributed by atoms with Gasteiger partial charge in [-0.25, -0.2) is 15.0 Å². The predicted molar refractivity (Wildman–Crippen MR) is 472 cm³/mol. The molecular formula is C103H59N9O12. The number of fused-ring (bicyclic) bond motifs is 9. The standard InChI is InChI=1S/C37H21N3O4.2C33H19N3O4/c41-22-43-27-14-16-39-35(19-27)37-21-28(44-23-42)20-36(40-37)34-17-24(13-15-38-34)9-10-26-18-33-29-6-2-1-5-25(29)11-12-32(33)31-8-4-3-7-30(26)31;37-20-39-25-12-14-35-31(17-25)33-19-26(40-21-38)18-32(36-33)30-15-22(11-13-34-30)9-10-29-27-7-3-1-5-23(27)16-24-6-2-4-8-28(24)29;37-20-39-28-10-12-35-31(17-28)33-19-29(40-21-38)18-32(36-33)30-14-23(9-11-34-30)6-5-22-7-8-26-15-24-3-1-2-4-25(24)16-27(26)13-22/h1-8,11-23H;1-8,11-21H;1-4,7-21H. The Balaban J connectivity index is 0.000000132.